The first-order valence-corrected chi connectivity index (χ1v) is 18.5. The molecule has 11 heteroatoms. The summed E-state index contributed by atoms with van der Waals surface area (Å²) in [6.07, 6.45) is 16.6. The van der Waals surface area contributed by atoms with Crippen LogP contribution in [0.5, 0.6) is 0 Å². The quantitative estimate of drug-likeness (QED) is 0.0654. The molecule has 1 aromatic heterocycles. The van der Waals surface area contributed by atoms with Gasteiger partial charge in [0, 0.05) is 25.7 Å². The van der Waals surface area contributed by atoms with Gasteiger partial charge in [0.25, 0.3) is 0 Å². The second kappa shape index (κ2) is 19.7. The van der Waals surface area contributed by atoms with E-state index in [0.717, 1.165) is 23.2 Å². The molecule has 1 atom stereocenters. The predicted octanol–water partition coefficient (Wildman–Crippen LogP) is 10.4. The minimum Gasteiger partial charge on any atom is -0.744 e. The molecule has 0 radical (unpaired) electrons. The van der Waals surface area contributed by atoms with E-state index in [9.17, 15) is 13.0 Å². The second-order valence-electron chi connectivity index (χ2n) is 11.3. The number of hydrogen-bond donors (Lipinski definition) is 0. The van der Waals surface area contributed by atoms with Gasteiger partial charge < -0.3 is 9.29 Å². The number of hydrogen-bond acceptors (Lipinski definition) is 4. The van der Waals surface area contributed by atoms with Crippen LogP contribution in [0, 0.1) is 6.92 Å². The summed E-state index contributed by atoms with van der Waals surface area (Å²) in [5.74, 6) is 0. The molecule has 0 saturated carbocycles. The molecule has 0 aliphatic rings. The Morgan fingerprint density at radius 1 is 0.826 bits per heavy atom. The molecule has 0 aliphatic heterocycles. The van der Waals surface area contributed by atoms with Crippen LogP contribution in [0.3, 0.4) is 0 Å². The first kappa shape index (κ1) is 38.3. The molecule has 1 unspecified atom stereocenters. The van der Waals surface area contributed by atoms with Crippen LogP contribution in [0.15, 0.2) is 84.3 Å². The van der Waals surface area contributed by atoms with E-state index in [1.165, 1.54) is 63.5 Å². The minimum absolute atomic E-state index is 0.178. The number of ether oxygens (including phenoxy) is 1. The summed E-state index contributed by atoms with van der Waals surface area (Å²) in [4.78, 5) is -0.178. The Balaban J connectivity index is 0.000000441. The topological polar surface area (TPSA) is 75.2 Å². The average Bonchev–Trinajstić information content (AvgIpc) is 3.45. The van der Waals surface area contributed by atoms with Crippen LogP contribution < -0.4 is 4.57 Å². The van der Waals surface area contributed by atoms with Crippen molar-refractivity contribution in [2.45, 2.75) is 95.9 Å². The molecule has 3 aromatic carbocycles. The van der Waals surface area contributed by atoms with Crippen LogP contribution in [0.1, 0.15) is 81.1 Å². The highest BCUT2D eigenvalue weighted by Gasteiger charge is 2.20. The highest BCUT2D eigenvalue weighted by Crippen LogP contribution is 2.31. The summed E-state index contributed by atoms with van der Waals surface area (Å²) in [5, 5.41) is 2.37. The lowest BCUT2D eigenvalue weighted by atomic mass is 10.1. The second-order valence-corrected chi connectivity index (χ2v) is 14.4. The van der Waals surface area contributed by atoms with Crippen molar-refractivity contribution < 1.29 is 22.3 Å². The van der Waals surface area contributed by atoms with Crippen LogP contribution in [0.2, 0.25) is 20.1 Å². The summed E-state index contributed by atoms with van der Waals surface area (Å²) in [6.45, 7) is 6.07. The smallest absolute Gasteiger partial charge is 0.243 e. The summed E-state index contributed by atoms with van der Waals surface area (Å²) in [7, 11) is -4.27. The number of halogens is 4. The van der Waals surface area contributed by atoms with Gasteiger partial charge in [-0.25, -0.2) is 17.6 Å². The molecule has 4 aromatic rings. The fourth-order valence-corrected chi connectivity index (χ4v) is 6.30. The Hall–Kier alpha value is -2.10. The minimum atomic E-state index is -4.27. The van der Waals surface area contributed by atoms with Crippen molar-refractivity contribution in [3.63, 3.8) is 0 Å². The summed E-state index contributed by atoms with van der Waals surface area (Å²) >= 11 is 25.1. The van der Waals surface area contributed by atoms with E-state index in [1.807, 2.05) is 31.2 Å². The first-order chi connectivity index (χ1) is 22.0. The number of aromatic nitrogens is 2. The van der Waals surface area contributed by atoms with Crippen LogP contribution >= 0.6 is 46.4 Å². The number of aryl methyl sites for hydroxylation is 2. The van der Waals surface area contributed by atoms with Gasteiger partial charge in [0.1, 0.15) is 35.2 Å². The van der Waals surface area contributed by atoms with Crippen molar-refractivity contribution in [2.75, 3.05) is 0 Å². The van der Waals surface area contributed by atoms with Crippen molar-refractivity contribution in [1.82, 2.24) is 4.57 Å². The summed E-state index contributed by atoms with van der Waals surface area (Å²) in [5.41, 5.74) is 2.70. The van der Waals surface area contributed by atoms with Gasteiger partial charge >= 0.3 is 0 Å². The van der Waals surface area contributed by atoms with Gasteiger partial charge in [0.2, 0.25) is 6.33 Å². The predicted molar refractivity (Wildman–Crippen MR) is 187 cm³/mol. The van der Waals surface area contributed by atoms with Crippen molar-refractivity contribution in [3.8, 4) is 0 Å². The van der Waals surface area contributed by atoms with E-state index >= 15 is 0 Å². The van der Waals surface area contributed by atoms with E-state index in [0.29, 0.717) is 33.2 Å². The summed E-state index contributed by atoms with van der Waals surface area (Å²) < 4.78 is 41.9. The maximum Gasteiger partial charge on any atom is 0.243 e. The molecule has 1 heterocycles. The fourth-order valence-electron chi connectivity index (χ4n) is 4.84. The van der Waals surface area contributed by atoms with Crippen molar-refractivity contribution >= 4 is 56.5 Å². The molecule has 4 rings (SSSR count). The standard InChI is InChI=1S/C28H35Cl4N2O.C7H8O3S/c1-2-3-4-5-6-7-8-9-14-33-15-16-34(21-33)19-28(25-13-12-24(30)18-27(25)32)35-20-22-10-11-23(29)17-26(22)31;1-6-2-4-7(5-3-6)11(8,9)10/h10-13,15-18,21,28H,2-9,14,19-20H2,1H3;2-5H,1H3,(H,8,9,10)/q+1;/p-1. The highest BCUT2D eigenvalue weighted by atomic mass is 35.5. The lowest BCUT2D eigenvalue weighted by molar-refractivity contribution is -0.697. The van der Waals surface area contributed by atoms with E-state index in [-0.39, 0.29) is 11.0 Å². The molecule has 0 bridgehead atoms. The Morgan fingerprint density at radius 3 is 2.04 bits per heavy atom. The van der Waals surface area contributed by atoms with E-state index < -0.39 is 10.1 Å². The number of imidazole rings is 1. The molecule has 0 fully saturated rings. The van der Waals surface area contributed by atoms with Gasteiger partial charge in [-0.3, -0.25) is 0 Å². The fraction of sp³-hybridized carbons (Fsp3) is 0.400. The van der Waals surface area contributed by atoms with Gasteiger partial charge in [0.05, 0.1) is 18.0 Å². The maximum absolute atomic E-state index is 10.4. The third-order valence-corrected chi connectivity index (χ3v) is 9.47. The molecule has 0 N–H and O–H groups in total. The van der Waals surface area contributed by atoms with Gasteiger partial charge in [-0.2, -0.15) is 0 Å². The highest BCUT2D eigenvalue weighted by molar-refractivity contribution is 7.85. The van der Waals surface area contributed by atoms with Crippen LogP contribution in [0.25, 0.3) is 0 Å². The van der Waals surface area contributed by atoms with Gasteiger partial charge in [-0.1, -0.05) is 122 Å². The normalized spacial score (nSPS) is 12.1. The number of rotatable bonds is 16. The number of unbranched alkanes of at least 4 members (excludes halogenated alkanes) is 7. The van der Waals surface area contributed by atoms with E-state index in [2.05, 4.69) is 34.8 Å². The third kappa shape index (κ3) is 13.6. The molecule has 0 aliphatic carbocycles. The summed E-state index contributed by atoms with van der Waals surface area (Å²) in [6, 6.07) is 16.7. The number of benzene rings is 3. The molecule has 0 saturated heterocycles. The first-order valence-electron chi connectivity index (χ1n) is 15.5. The lowest BCUT2D eigenvalue weighted by Crippen LogP contribution is -2.31. The average molecular weight is 729 g/mol. The Kier molecular flexibility index (Phi) is 16.4. The zero-order chi connectivity index (χ0) is 33.5. The van der Waals surface area contributed by atoms with E-state index in [4.69, 9.17) is 51.1 Å². The van der Waals surface area contributed by atoms with Crippen molar-refractivity contribution in [3.05, 3.63) is 116 Å². The van der Waals surface area contributed by atoms with E-state index in [1.54, 1.807) is 24.3 Å². The lowest BCUT2D eigenvalue weighted by Gasteiger charge is -2.19. The third-order valence-electron chi connectivity index (χ3n) is 7.47. The van der Waals surface area contributed by atoms with Crippen LogP contribution in [-0.2, 0) is 34.6 Å². The molecule has 250 valence electrons. The maximum atomic E-state index is 10.4. The molecule has 0 amide bonds. The van der Waals surface area contributed by atoms with Gasteiger partial charge in [0.15, 0.2) is 0 Å². The molecule has 0 spiro atoms. The van der Waals surface area contributed by atoms with Gasteiger partial charge in [-0.05, 0) is 61.7 Å². The Labute approximate surface area is 294 Å². The van der Waals surface area contributed by atoms with Crippen molar-refractivity contribution in [1.29, 1.82) is 0 Å². The van der Waals surface area contributed by atoms with Gasteiger partial charge in [-0.15, -0.1) is 0 Å². The molecular weight excluding hydrogens is 686 g/mol. The Morgan fingerprint density at radius 2 is 1.43 bits per heavy atom. The molecule has 6 nitrogen and oxygen atoms in total. The van der Waals surface area contributed by atoms with Crippen molar-refractivity contribution in [2.24, 2.45) is 0 Å². The zero-order valence-corrected chi connectivity index (χ0v) is 30.1. The SMILES string of the molecule is CCCCCCCCCC[n+]1ccn(CC(OCc2ccc(Cl)cc2Cl)c2ccc(Cl)cc2Cl)c1.Cc1ccc(S(=O)(=O)[O-])cc1. The Bertz CT molecular complexity index is 1610. The number of nitrogens with zero attached hydrogens (tertiary/aromatic N) is 2. The largest absolute Gasteiger partial charge is 0.744 e. The van der Waals surface area contributed by atoms with Crippen LogP contribution in [0.4, 0.5) is 0 Å². The zero-order valence-electron chi connectivity index (χ0n) is 26.3. The van der Waals surface area contributed by atoms with Crippen LogP contribution in [-0.4, -0.2) is 17.5 Å². The molecular formula is C35H42Cl4N2O4S. The molecule has 46 heavy (non-hydrogen) atoms. The monoisotopic (exact) mass is 726 g/mol.